The van der Waals surface area contributed by atoms with Crippen molar-refractivity contribution < 1.29 is 8.42 Å². The second-order valence-electron chi connectivity index (χ2n) is 4.40. The minimum absolute atomic E-state index is 0.0580. The van der Waals surface area contributed by atoms with Gasteiger partial charge in [0.25, 0.3) is 0 Å². The van der Waals surface area contributed by atoms with Gasteiger partial charge in [-0.1, -0.05) is 12.2 Å². The molecule has 2 aromatic heterocycles. The van der Waals surface area contributed by atoms with Crippen molar-refractivity contribution in [2.75, 3.05) is 0 Å². The standard InChI is InChI=1S/C12H14N4O2S3/c1-7-5-15-12(20-7)8(2)16-21(17,18)9-3-4-10(11(13)19)14-6-9/h3-6,8,16H,1-2H3,(H2,13,19). The van der Waals surface area contributed by atoms with Gasteiger partial charge >= 0.3 is 0 Å². The third-order valence-corrected chi connectivity index (χ3v) is 5.47. The molecule has 0 aliphatic rings. The Kier molecular flexibility index (Phi) is 4.67. The summed E-state index contributed by atoms with van der Waals surface area (Å²) in [4.78, 5) is 9.31. The van der Waals surface area contributed by atoms with Crippen LogP contribution < -0.4 is 10.5 Å². The maximum atomic E-state index is 12.3. The highest BCUT2D eigenvalue weighted by Crippen LogP contribution is 2.21. The lowest BCUT2D eigenvalue weighted by atomic mass is 10.3. The molecule has 2 rings (SSSR count). The van der Waals surface area contributed by atoms with Crippen molar-refractivity contribution in [3.8, 4) is 0 Å². The van der Waals surface area contributed by atoms with Crippen molar-refractivity contribution in [2.45, 2.75) is 24.8 Å². The van der Waals surface area contributed by atoms with Gasteiger partial charge in [0.2, 0.25) is 10.0 Å². The monoisotopic (exact) mass is 342 g/mol. The molecule has 112 valence electrons. The molecular weight excluding hydrogens is 328 g/mol. The molecule has 2 heterocycles. The Morgan fingerprint density at radius 2 is 2.10 bits per heavy atom. The van der Waals surface area contributed by atoms with Gasteiger partial charge in [0, 0.05) is 17.3 Å². The van der Waals surface area contributed by atoms with Crippen molar-refractivity contribution in [1.82, 2.24) is 14.7 Å². The highest BCUT2D eigenvalue weighted by Gasteiger charge is 2.20. The SMILES string of the molecule is Cc1cnc(C(C)NS(=O)(=O)c2ccc(C(N)=S)nc2)s1. The second-order valence-corrected chi connectivity index (χ2v) is 7.82. The van der Waals surface area contributed by atoms with Crippen LogP contribution in [0.1, 0.15) is 28.5 Å². The summed E-state index contributed by atoms with van der Waals surface area (Å²) in [5.74, 6) is 0. The first-order valence-corrected chi connectivity index (χ1v) is 8.71. The first-order valence-electron chi connectivity index (χ1n) is 6.00. The first kappa shape index (κ1) is 16.0. The molecule has 6 nitrogen and oxygen atoms in total. The molecule has 21 heavy (non-hydrogen) atoms. The van der Waals surface area contributed by atoms with E-state index in [9.17, 15) is 8.42 Å². The van der Waals surface area contributed by atoms with Gasteiger partial charge in [-0.3, -0.25) is 4.98 Å². The lowest BCUT2D eigenvalue weighted by Gasteiger charge is -2.11. The van der Waals surface area contributed by atoms with Crippen LogP contribution in [0.3, 0.4) is 0 Å². The number of nitrogens with two attached hydrogens (primary N) is 1. The molecule has 0 aliphatic carbocycles. The molecule has 0 saturated carbocycles. The van der Waals surface area contributed by atoms with Gasteiger partial charge in [-0.05, 0) is 26.0 Å². The van der Waals surface area contributed by atoms with E-state index in [-0.39, 0.29) is 9.88 Å². The van der Waals surface area contributed by atoms with Crippen LogP contribution in [-0.4, -0.2) is 23.4 Å². The van der Waals surface area contributed by atoms with Crippen LogP contribution in [0, 0.1) is 6.92 Å². The summed E-state index contributed by atoms with van der Waals surface area (Å²) in [6.07, 6.45) is 2.94. The van der Waals surface area contributed by atoms with Crippen LogP contribution in [0.2, 0.25) is 0 Å². The van der Waals surface area contributed by atoms with Gasteiger partial charge in [0.05, 0.1) is 11.7 Å². The van der Waals surface area contributed by atoms with Crippen LogP contribution in [0.5, 0.6) is 0 Å². The third-order valence-electron chi connectivity index (χ3n) is 2.64. The highest BCUT2D eigenvalue weighted by molar-refractivity contribution is 7.89. The zero-order valence-electron chi connectivity index (χ0n) is 11.4. The second kappa shape index (κ2) is 6.14. The number of nitrogens with zero attached hydrogens (tertiary/aromatic N) is 2. The molecule has 0 fully saturated rings. The molecule has 0 aliphatic heterocycles. The van der Waals surface area contributed by atoms with Crippen molar-refractivity contribution in [2.24, 2.45) is 5.73 Å². The summed E-state index contributed by atoms with van der Waals surface area (Å²) in [6, 6.07) is 2.49. The van der Waals surface area contributed by atoms with Gasteiger partial charge in [0.15, 0.2) is 0 Å². The molecule has 3 N–H and O–H groups in total. The van der Waals surface area contributed by atoms with Gasteiger partial charge in [-0.15, -0.1) is 11.3 Å². The first-order chi connectivity index (χ1) is 9.79. The van der Waals surface area contributed by atoms with E-state index in [1.54, 1.807) is 13.1 Å². The predicted octanol–water partition coefficient (Wildman–Crippen LogP) is 1.52. The molecule has 1 unspecified atom stereocenters. The number of thiocarbonyl (C=S) groups is 1. The zero-order chi connectivity index (χ0) is 15.6. The molecule has 0 radical (unpaired) electrons. The topological polar surface area (TPSA) is 98.0 Å². The summed E-state index contributed by atoms with van der Waals surface area (Å²) in [6.45, 7) is 3.66. The average Bonchev–Trinajstić information content (AvgIpc) is 2.85. The molecule has 0 spiro atoms. The third kappa shape index (κ3) is 3.82. The molecule has 2 aromatic rings. The van der Waals surface area contributed by atoms with Crippen molar-refractivity contribution in [1.29, 1.82) is 0 Å². The van der Waals surface area contributed by atoms with Gasteiger partial charge in [-0.2, -0.15) is 0 Å². The Labute approximate surface area is 132 Å². The van der Waals surface area contributed by atoms with Crippen LogP contribution in [0.15, 0.2) is 29.4 Å². The minimum Gasteiger partial charge on any atom is -0.388 e. The normalized spacial score (nSPS) is 13.0. The lowest BCUT2D eigenvalue weighted by Crippen LogP contribution is -2.27. The number of thiazole rings is 1. The van der Waals surface area contributed by atoms with E-state index in [0.717, 1.165) is 4.88 Å². The van der Waals surface area contributed by atoms with E-state index >= 15 is 0 Å². The van der Waals surface area contributed by atoms with Crippen LogP contribution in [0.4, 0.5) is 0 Å². The molecule has 0 bridgehead atoms. The predicted molar refractivity (Wildman–Crippen MR) is 85.7 cm³/mol. The molecule has 9 heteroatoms. The van der Waals surface area contributed by atoms with E-state index in [1.807, 2.05) is 6.92 Å². The summed E-state index contributed by atoms with van der Waals surface area (Å²) < 4.78 is 27.1. The Morgan fingerprint density at radius 1 is 1.38 bits per heavy atom. The number of sulfonamides is 1. The number of pyridine rings is 1. The van der Waals surface area contributed by atoms with Crippen LogP contribution in [-0.2, 0) is 10.0 Å². The number of aryl methyl sites for hydroxylation is 1. The Morgan fingerprint density at radius 3 is 2.57 bits per heavy atom. The maximum Gasteiger partial charge on any atom is 0.242 e. The smallest absolute Gasteiger partial charge is 0.242 e. The molecular formula is C12H14N4O2S3. The minimum atomic E-state index is -3.67. The molecule has 1 atom stereocenters. The van der Waals surface area contributed by atoms with Crippen molar-refractivity contribution >= 4 is 38.6 Å². The fourth-order valence-corrected chi connectivity index (χ4v) is 3.73. The summed E-state index contributed by atoms with van der Waals surface area (Å²) in [7, 11) is -3.67. The maximum absolute atomic E-state index is 12.3. The van der Waals surface area contributed by atoms with Crippen molar-refractivity contribution in [3.63, 3.8) is 0 Å². The summed E-state index contributed by atoms with van der Waals surface area (Å²) in [5.41, 5.74) is 5.81. The van der Waals surface area contributed by atoms with Gasteiger partial charge in [-0.25, -0.2) is 18.1 Å². The van der Waals surface area contributed by atoms with E-state index < -0.39 is 16.1 Å². The summed E-state index contributed by atoms with van der Waals surface area (Å²) in [5, 5.41) is 0.712. The number of rotatable bonds is 5. The van der Waals surface area contributed by atoms with Crippen LogP contribution >= 0.6 is 23.6 Å². The molecule has 0 aromatic carbocycles. The van der Waals surface area contributed by atoms with E-state index in [4.69, 9.17) is 18.0 Å². The fraction of sp³-hybridized carbons (Fsp3) is 0.250. The van der Waals surface area contributed by atoms with Crippen LogP contribution in [0.25, 0.3) is 0 Å². The summed E-state index contributed by atoms with van der Waals surface area (Å²) >= 11 is 6.23. The average molecular weight is 342 g/mol. The Bertz CT molecular complexity index is 753. The van der Waals surface area contributed by atoms with Gasteiger partial charge < -0.3 is 5.73 Å². The zero-order valence-corrected chi connectivity index (χ0v) is 13.8. The van der Waals surface area contributed by atoms with E-state index in [1.165, 1.54) is 29.7 Å². The van der Waals surface area contributed by atoms with E-state index in [2.05, 4.69) is 14.7 Å². The Hall–Kier alpha value is -1.42. The highest BCUT2D eigenvalue weighted by atomic mass is 32.2. The van der Waals surface area contributed by atoms with E-state index in [0.29, 0.717) is 10.7 Å². The molecule has 0 saturated heterocycles. The number of hydrogen-bond donors (Lipinski definition) is 2. The quantitative estimate of drug-likeness (QED) is 0.800. The van der Waals surface area contributed by atoms with Crippen molar-refractivity contribution in [3.05, 3.63) is 40.1 Å². The number of aromatic nitrogens is 2. The molecule has 0 amide bonds. The number of hydrogen-bond acceptors (Lipinski definition) is 6. The Balaban J connectivity index is 2.19. The fourth-order valence-electron chi connectivity index (χ4n) is 1.61. The number of nitrogens with one attached hydrogen (secondary N) is 1. The lowest BCUT2D eigenvalue weighted by molar-refractivity contribution is 0.566. The van der Waals surface area contributed by atoms with Gasteiger partial charge in [0.1, 0.15) is 14.9 Å². The largest absolute Gasteiger partial charge is 0.388 e.